The Kier molecular flexibility index (Phi) is 7.22. The second-order valence-corrected chi connectivity index (χ2v) is 7.76. The Morgan fingerprint density at radius 2 is 1.97 bits per heavy atom. The van der Waals surface area contributed by atoms with E-state index < -0.39 is 6.10 Å². The zero-order valence-corrected chi connectivity index (χ0v) is 18.2. The Hall–Kier alpha value is -2.02. The largest absolute Gasteiger partial charge is 0.493 e. The fraction of sp³-hybridized carbons (Fsp3) is 0.429. The Morgan fingerprint density at radius 1 is 1.24 bits per heavy atom. The molecular formula is C21H25Cl2N3O3. The summed E-state index contributed by atoms with van der Waals surface area (Å²) in [6.45, 7) is 4.32. The van der Waals surface area contributed by atoms with Crippen LogP contribution in [0.25, 0.3) is 0 Å². The van der Waals surface area contributed by atoms with Gasteiger partial charge in [0.15, 0.2) is 11.5 Å². The fourth-order valence-electron chi connectivity index (χ4n) is 3.33. The van der Waals surface area contributed by atoms with Crippen molar-refractivity contribution in [3.63, 3.8) is 0 Å². The molecule has 0 saturated carbocycles. The van der Waals surface area contributed by atoms with E-state index in [1.807, 2.05) is 13.0 Å². The molecule has 1 aromatic heterocycles. The van der Waals surface area contributed by atoms with Crippen molar-refractivity contribution < 1.29 is 14.2 Å². The summed E-state index contributed by atoms with van der Waals surface area (Å²) in [5, 5.41) is 12.5. The van der Waals surface area contributed by atoms with Gasteiger partial charge in [-0.25, -0.2) is 0 Å². The number of pyridine rings is 1. The third-order valence-corrected chi connectivity index (χ3v) is 5.41. The lowest BCUT2D eigenvalue weighted by Crippen LogP contribution is -2.28. The molecule has 29 heavy (non-hydrogen) atoms. The van der Waals surface area contributed by atoms with E-state index in [-0.39, 0.29) is 6.23 Å². The number of methoxy groups -OCH3 is 1. The van der Waals surface area contributed by atoms with Gasteiger partial charge < -0.3 is 24.9 Å². The fourth-order valence-corrected chi connectivity index (χ4v) is 4.00. The summed E-state index contributed by atoms with van der Waals surface area (Å²) in [6, 6.07) is 3.63. The Labute approximate surface area is 181 Å². The SMILES string of the molecule is COc1cc(NC2CCCCO2)c(C(C)=N)cc1O[C@H](C)c1c(Cl)cncc1Cl. The molecule has 6 nitrogen and oxygen atoms in total. The predicted molar refractivity (Wildman–Crippen MR) is 116 cm³/mol. The average Bonchev–Trinajstić information content (AvgIpc) is 2.69. The summed E-state index contributed by atoms with van der Waals surface area (Å²) < 4.78 is 17.5. The molecule has 1 aromatic carbocycles. The van der Waals surface area contributed by atoms with Crippen LogP contribution in [0, 0.1) is 5.41 Å². The van der Waals surface area contributed by atoms with Crippen molar-refractivity contribution in [2.24, 2.45) is 0 Å². The van der Waals surface area contributed by atoms with E-state index in [4.69, 9.17) is 42.8 Å². The molecule has 3 rings (SSSR count). The Balaban J connectivity index is 1.92. The standard InChI is InChI=1S/C21H25Cl2N3O3/c1-12(24)14-8-19(29-13(2)21-15(22)10-25-11-16(21)23)18(27-3)9-17(14)26-20-6-4-5-7-28-20/h8-11,13,20,24,26H,4-7H2,1-3H3/t13-,20?/m1/s1. The van der Waals surface area contributed by atoms with Crippen LogP contribution < -0.4 is 14.8 Å². The number of ether oxygens (including phenoxy) is 3. The van der Waals surface area contributed by atoms with Gasteiger partial charge in [-0.05, 0) is 39.2 Å². The van der Waals surface area contributed by atoms with Crippen LogP contribution in [0.15, 0.2) is 24.5 Å². The molecule has 1 saturated heterocycles. The summed E-state index contributed by atoms with van der Waals surface area (Å²) in [5.41, 5.74) is 2.55. The van der Waals surface area contributed by atoms with Gasteiger partial charge in [-0.3, -0.25) is 4.98 Å². The number of nitrogens with zero attached hydrogens (tertiary/aromatic N) is 1. The molecule has 1 unspecified atom stereocenters. The molecule has 0 spiro atoms. The molecule has 1 fully saturated rings. The monoisotopic (exact) mass is 437 g/mol. The van der Waals surface area contributed by atoms with Crippen LogP contribution in [-0.2, 0) is 4.74 Å². The third-order valence-electron chi connectivity index (χ3n) is 4.80. The summed E-state index contributed by atoms with van der Waals surface area (Å²) in [5.74, 6) is 1.04. The average molecular weight is 438 g/mol. The van der Waals surface area contributed by atoms with Gasteiger partial charge in [0.05, 0.1) is 17.2 Å². The van der Waals surface area contributed by atoms with E-state index in [1.54, 1.807) is 20.1 Å². The van der Waals surface area contributed by atoms with Gasteiger partial charge in [-0.2, -0.15) is 0 Å². The van der Waals surface area contributed by atoms with Crippen LogP contribution in [0.2, 0.25) is 10.0 Å². The van der Waals surface area contributed by atoms with Crippen molar-refractivity contribution in [2.75, 3.05) is 19.0 Å². The number of anilines is 1. The Bertz CT molecular complexity index is 865. The smallest absolute Gasteiger partial charge is 0.162 e. The van der Waals surface area contributed by atoms with E-state index in [0.717, 1.165) is 31.6 Å². The van der Waals surface area contributed by atoms with Crippen LogP contribution >= 0.6 is 23.2 Å². The first-order valence-electron chi connectivity index (χ1n) is 9.52. The normalized spacial score (nSPS) is 17.5. The van der Waals surface area contributed by atoms with Crippen LogP contribution in [0.1, 0.15) is 50.3 Å². The first-order valence-corrected chi connectivity index (χ1v) is 10.3. The second-order valence-electron chi connectivity index (χ2n) is 6.95. The highest BCUT2D eigenvalue weighted by Gasteiger charge is 2.21. The molecule has 2 aromatic rings. The maximum atomic E-state index is 8.20. The van der Waals surface area contributed by atoms with Gasteiger partial charge in [0, 0.05) is 47.6 Å². The summed E-state index contributed by atoms with van der Waals surface area (Å²) in [7, 11) is 1.58. The van der Waals surface area contributed by atoms with Gasteiger partial charge >= 0.3 is 0 Å². The summed E-state index contributed by atoms with van der Waals surface area (Å²) in [4.78, 5) is 3.98. The lowest BCUT2D eigenvalue weighted by molar-refractivity contribution is 0.0343. The zero-order chi connectivity index (χ0) is 21.0. The number of benzene rings is 1. The van der Waals surface area contributed by atoms with Crippen molar-refractivity contribution in [1.29, 1.82) is 5.41 Å². The molecule has 2 atom stereocenters. The van der Waals surface area contributed by atoms with Crippen molar-refractivity contribution in [1.82, 2.24) is 4.98 Å². The molecule has 1 aliphatic heterocycles. The molecule has 8 heteroatoms. The lowest BCUT2D eigenvalue weighted by Gasteiger charge is -2.26. The molecule has 0 bridgehead atoms. The molecule has 1 aliphatic rings. The molecule has 0 aliphatic carbocycles. The quantitative estimate of drug-likeness (QED) is 0.530. The van der Waals surface area contributed by atoms with Gasteiger partial charge in [-0.15, -0.1) is 0 Å². The predicted octanol–water partition coefficient (Wildman–Crippen LogP) is 5.86. The van der Waals surface area contributed by atoms with Crippen molar-refractivity contribution >= 4 is 34.6 Å². The zero-order valence-electron chi connectivity index (χ0n) is 16.7. The molecular weight excluding hydrogens is 413 g/mol. The van der Waals surface area contributed by atoms with Crippen LogP contribution in [0.5, 0.6) is 11.5 Å². The minimum absolute atomic E-state index is 0.0771. The van der Waals surface area contributed by atoms with E-state index >= 15 is 0 Å². The minimum atomic E-state index is -0.439. The number of rotatable bonds is 7. The van der Waals surface area contributed by atoms with Crippen molar-refractivity contribution in [3.05, 3.63) is 45.7 Å². The maximum Gasteiger partial charge on any atom is 0.162 e. The van der Waals surface area contributed by atoms with Gasteiger partial charge in [0.1, 0.15) is 12.3 Å². The minimum Gasteiger partial charge on any atom is -0.493 e. The Morgan fingerprint density at radius 3 is 2.55 bits per heavy atom. The molecule has 0 amide bonds. The van der Waals surface area contributed by atoms with Crippen LogP contribution in [0.3, 0.4) is 0 Å². The number of hydrogen-bond donors (Lipinski definition) is 2. The summed E-state index contributed by atoms with van der Waals surface area (Å²) in [6.07, 6.45) is 5.66. The van der Waals surface area contributed by atoms with E-state index in [1.165, 1.54) is 12.4 Å². The first-order chi connectivity index (χ1) is 13.9. The highest BCUT2D eigenvalue weighted by molar-refractivity contribution is 6.35. The highest BCUT2D eigenvalue weighted by atomic mass is 35.5. The maximum absolute atomic E-state index is 8.20. The van der Waals surface area contributed by atoms with Crippen LogP contribution in [-0.4, -0.2) is 30.6 Å². The molecule has 0 radical (unpaired) electrons. The van der Waals surface area contributed by atoms with Crippen molar-refractivity contribution in [2.45, 2.75) is 45.4 Å². The van der Waals surface area contributed by atoms with Gasteiger partial charge in [0.2, 0.25) is 0 Å². The van der Waals surface area contributed by atoms with Gasteiger partial charge in [0.25, 0.3) is 0 Å². The number of nitrogens with one attached hydrogen (secondary N) is 2. The topological polar surface area (TPSA) is 76.5 Å². The molecule has 156 valence electrons. The van der Waals surface area contributed by atoms with Gasteiger partial charge in [-0.1, -0.05) is 23.2 Å². The van der Waals surface area contributed by atoms with E-state index in [2.05, 4.69) is 10.3 Å². The van der Waals surface area contributed by atoms with Crippen molar-refractivity contribution in [3.8, 4) is 11.5 Å². The summed E-state index contributed by atoms with van der Waals surface area (Å²) >= 11 is 12.5. The molecule has 2 heterocycles. The first kappa shape index (κ1) is 21.7. The third kappa shape index (κ3) is 5.13. The highest BCUT2D eigenvalue weighted by Crippen LogP contribution is 2.39. The second kappa shape index (κ2) is 9.65. The number of aromatic nitrogens is 1. The van der Waals surface area contributed by atoms with E-state index in [0.29, 0.717) is 38.4 Å². The van der Waals surface area contributed by atoms with E-state index in [9.17, 15) is 0 Å². The lowest BCUT2D eigenvalue weighted by atomic mass is 10.1. The number of hydrogen-bond acceptors (Lipinski definition) is 6. The van der Waals surface area contributed by atoms with Crippen LogP contribution in [0.4, 0.5) is 5.69 Å². The number of halogens is 2. The molecule has 2 N–H and O–H groups in total.